The zero-order chi connectivity index (χ0) is 21.0. The van der Waals surface area contributed by atoms with Gasteiger partial charge in [0.1, 0.15) is 11.9 Å². The molecule has 0 aromatic heterocycles. The van der Waals surface area contributed by atoms with Crippen LogP contribution in [0.1, 0.15) is 44.2 Å². The summed E-state index contributed by atoms with van der Waals surface area (Å²) in [6.45, 7) is 6.87. The van der Waals surface area contributed by atoms with Gasteiger partial charge in [0, 0.05) is 31.1 Å². The number of likely N-dealkylation sites (tertiary alicyclic amines) is 2. The number of nitrogens with one attached hydrogen (secondary N) is 1. The second-order valence-electron chi connectivity index (χ2n) is 7.74. The van der Waals surface area contributed by atoms with Gasteiger partial charge in [0.2, 0.25) is 17.7 Å². The molecule has 0 aliphatic carbocycles. The lowest BCUT2D eigenvalue weighted by Crippen LogP contribution is -2.54. The van der Waals surface area contributed by atoms with Crippen molar-refractivity contribution in [1.82, 2.24) is 15.1 Å². The van der Waals surface area contributed by atoms with E-state index in [0.717, 1.165) is 6.42 Å². The van der Waals surface area contributed by atoms with Crippen molar-refractivity contribution in [3.63, 3.8) is 0 Å². The molecule has 0 bridgehead atoms. The average molecular weight is 401 g/mol. The predicted molar refractivity (Wildman–Crippen MR) is 107 cm³/mol. The molecule has 2 saturated heterocycles. The van der Waals surface area contributed by atoms with E-state index in [4.69, 9.17) is 0 Å². The first-order valence-electron chi connectivity index (χ1n) is 10.2. The molecule has 1 aromatic rings. The van der Waals surface area contributed by atoms with Crippen molar-refractivity contribution in [3.05, 3.63) is 48.3 Å². The molecule has 2 heterocycles. The summed E-state index contributed by atoms with van der Waals surface area (Å²) < 4.78 is 14.1. The number of benzene rings is 1. The molecule has 2 fully saturated rings. The molecule has 0 saturated carbocycles. The van der Waals surface area contributed by atoms with Gasteiger partial charge in [-0.3, -0.25) is 14.4 Å². The highest BCUT2D eigenvalue weighted by atomic mass is 19.1. The van der Waals surface area contributed by atoms with Gasteiger partial charge < -0.3 is 15.1 Å². The van der Waals surface area contributed by atoms with Gasteiger partial charge in [0.25, 0.3) is 0 Å². The van der Waals surface area contributed by atoms with Gasteiger partial charge in [-0.15, -0.1) is 0 Å². The number of hydrogen-bond acceptors (Lipinski definition) is 3. The molecule has 0 radical (unpaired) electrons. The maximum absolute atomic E-state index is 14.1. The third kappa shape index (κ3) is 4.66. The van der Waals surface area contributed by atoms with E-state index in [0.29, 0.717) is 44.5 Å². The fourth-order valence-electron chi connectivity index (χ4n) is 4.18. The van der Waals surface area contributed by atoms with Gasteiger partial charge in [-0.25, -0.2) is 4.39 Å². The number of halogens is 1. The lowest BCUT2D eigenvalue weighted by atomic mass is 9.94. The molecule has 2 unspecified atom stereocenters. The van der Waals surface area contributed by atoms with Crippen molar-refractivity contribution < 1.29 is 18.8 Å². The summed E-state index contributed by atoms with van der Waals surface area (Å²) in [5.74, 6) is -0.978. The molecular formula is C22H28FN3O3. The summed E-state index contributed by atoms with van der Waals surface area (Å²) in [4.78, 5) is 40.7. The summed E-state index contributed by atoms with van der Waals surface area (Å²) >= 11 is 0. The number of rotatable bonds is 5. The van der Waals surface area contributed by atoms with E-state index in [1.54, 1.807) is 28.0 Å². The summed E-state index contributed by atoms with van der Waals surface area (Å²) in [6, 6.07) is 5.48. The second kappa shape index (κ2) is 9.20. The van der Waals surface area contributed by atoms with E-state index in [1.807, 2.05) is 6.92 Å². The van der Waals surface area contributed by atoms with Gasteiger partial charge in [-0.2, -0.15) is 0 Å². The molecule has 2 aliphatic heterocycles. The SMILES string of the molecule is C=CC(=O)N1CCC(C(=O)NC2CCCN(C(C)c3ccccc3F)C2=O)CC1. The lowest BCUT2D eigenvalue weighted by Gasteiger charge is -2.38. The van der Waals surface area contributed by atoms with Crippen LogP contribution in [0.3, 0.4) is 0 Å². The van der Waals surface area contributed by atoms with Crippen LogP contribution in [0.4, 0.5) is 4.39 Å². The largest absolute Gasteiger partial charge is 0.344 e. The van der Waals surface area contributed by atoms with Crippen molar-refractivity contribution in [3.8, 4) is 0 Å². The molecule has 7 heteroatoms. The van der Waals surface area contributed by atoms with Crippen LogP contribution >= 0.6 is 0 Å². The van der Waals surface area contributed by atoms with Gasteiger partial charge in [0.15, 0.2) is 0 Å². The Morgan fingerprint density at radius 3 is 2.55 bits per heavy atom. The quantitative estimate of drug-likeness (QED) is 0.771. The standard InChI is InChI=1S/C22H28FN3O3/c1-3-20(27)25-13-10-16(11-14-25)21(28)24-19-9-6-12-26(22(19)29)15(2)17-7-4-5-8-18(17)23/h3-5,7-8,15-16,19H,1,6,9-14H2,2H3,(H,24,28). The molecule has 0 spiro atoms. The number of nitrogens with zero attached hydrogens (tertiary/aromatic N) is 2. The third-order valence-electron chi connectivity index (χ3n) is 5.96. The number of hydrogen-bond donors (Lipinski definition) is 1. The molecule has 2 atom stereocenters. The number of carbonyl (C=O) groups excluding carboxylic acids is 3. The van der Waals surface area contributed by atoms with Crippen molar-refractivity contribution in [2.45, 2.75) is 44.7 Å². The molecule has 1 N–H and O–H groups in total. The van der Waals surface area contributed by atoms with E-state index in [9.17, 15) is 18.8 Å². The van der Waals surface area contributed by atoms with E-state index in [2.05, 4.69) is 11.9 Å². The Balaban J connectivity index is 1.59. The summed E-state index contributed by atoms with van der Waals surface area (Å²) in [6.07, 6.45) is 3.76. The van der Waals surface area contributed by atoms with Crippen LogP contribution in [-0.4, -0.2) is 53.2 Å². The van der Waals surface area contributed by atoms with Gasteiger partial charge in [-0.05, 0) is 44.7 Å². The molecule has 3 rings (SSSR count). The maximum Gasteiger partial charge on any atom is 0.245 e. The maximum atomic E-state index is 14.1. The van der Waals surface area contributed by atoms with E-state index >= 15 is 0 Å². The highest BCUT2D eigenvalue weighted by Crippen LogP contribution is 2.27. The zero-order valence-corrected chi connectivity index (χ0v) is 16.8. The first kappa shape index (κ1) is 21.0. The van der Waals surface area contributed by atoms with Gasteiger partial charge in [-0.1, -0.05) is 24.8 Å². The Labute approximate surface area is 170 Å². The smallest absolute Gasteiger partial charge is 0.245 e. The van der Waals surface area contributed by atoms with Crippen molar-refractivity contribution >= 4 is 17.7 Å². The Hall–Kier alpha value is -2.70. The fourth-order valence-corrected chi connectivity index (χ4v) is 4.18. The Morgan fingerprint density at radius 2 is 1.90 bits per heavy atom. The molecular weight excluding hydrogens is 373 g/mol. The first-order chi connectivity index (χ1) is 13.9. The van der Waals surface area contributed by atoms with Crippen LogP contribution in [0.25, 0.3) is 0 Å². The van der Waals surface area contributed by atoms with Gasteiger partial charge >= 0.3 is 0 Å². The Kier molecular flexibility index (Phi) is 6.67. The van der Waals surface area contributed by atoms with E-state index in [1.165, 1.54) is 12.1 Å². The summed E-state index contributed by atoms with van der Waals surface area (Å²) in [5.41, 5.74) is 0.479. The van der Waals surface area contributed by atoms with Crippen molar-refractivity contribution in [2.24, 2.45) is 5.92 Å². The highest BCUT2D eigenvalue weighted by Gasteiger charge is 2.35. The minimum absolute atomic E-state index is 0.121. The molecule has 6 nitrogen and oxygen atoms in total. The minimum Gasteiger partial charge on any atom is -0.344 e. The van der Waals surface area contributed by atoms with Crippen LogP contribution in [0.2, 0.25) is 0 Å². The van der Waals surface area contributed by atoms with Gasteiger partial charge in [0.05, 0.1) is 6.04 Å². The van der Waals surface area contributed by atoms with E-state index in [-0.39, 0.29) is 29.5 Å². The highest BCUT2D eigenvalue weighted by molar-refractivity contribution is 5.90. The molecule has 2 aliphatic rings. The Morgan fingerprint density at radius 1 is 1.21 bits per heavy atom. The fraction of sp³-hybridized carbons (Fsp3) is 0.500. The number of amides is 3. The summed E-state index contributed by atoms with van der Waals surface area (Å²) in [5, 5.41) is 2.90. The predicted octanol–water partition coefficient (Wildman–Crippen LogP) is 2.42. The van der Waals surface area contributed by atoms with Crippen molar-refractivity contribution in [2.75, 3.05) is 19.6 Å². The van der Waals surface area contributed by atoms with Crippen LogP contribution < -0.4 is 5.32 Å². The van der Waals surface area contributed by atoms with Crippen LogP contribution in [0.5, 0.6) is 0 Å². The minimum atomic E-state index is -0.585. The molecule has 3 amide bonds. The van der Waals surface area contributed by atoms with Crippen LogP contribution in [-0.2, 0) is 14.4 Å². The average Bonchev–Trinajstić information content (AvgIpc) is 2.74. The van der Waals surface area contributed by atoms with E-state index < -0.39 is 12.1 Å². The number of carbonyl (C=O) groups is 3. The van der Waals surface area contributed by atoms with Crippen LogP contribution in [0, 0.1) is 11.7 Å². The zero-order valence-electron chi connectivity index (χ0n) is 16.8. The third-order valence-corrected chi connectivity index (χ3v) is 5.96. The van der Waals surface area contributed by atoms with Crippen LogP contribution in [0.15, 0.2) is 36.9 Å². The van der Waals surface area contributed by atoms with Crippen molar-refractivity contribution in [1.29, 1.82) is 0 Å². The summed E-state index contributed by atoms with van der Waals surface area (Å²) in [7, 11) is 0. The normalized spacial score (nSPS) is 21.6. The second-order valence-corrected chi connectivity index (χ2v) is 7.74. The topological polar surface area (TPSA) is 69.7 Å². The monoisotopic (exact) mass is 401 g/mol. The molecule has 156 valence electrons. The lowest BCUT2D eigenvalue weighted by molar-refractivity contribution is -0.142. The Bertz CT molecular complexity index is 789. The molecule has 29 heavy (non-hydrogen) atoms. The molecule has 1 aromatic carbocycles. The first-order valence-corrected chi connectivity index (χ1v) is 10.2. The number of piperidine rings is 2.